The number of nitrogens with zero attached hydrogens (tertiary/aromatic N) is 3. The van der Waals surface area contributed by atoms with Gasteiger partial charge in [0.25, 0.3) is 0 Å². The standard InChI is InChI=1S/C12H20N4O/c1-9(2)14-12-13-6-5-11(15-12)16-7-3-4-10(16)8-17/h5-6,9-10,17H,3-4,7-8H2,1-2H3,(H,13,14,15)/t10-/m1/s1. The third-order valence-electron chi connectivity index (χ3n) is 2.94. The first kappa shape index (κ1) is 12.1. The summed E-state index contributed by atoms with van der Waals surface area (Å²) in [6.07, 6.45) is 3.91. The molecule has 2 rings (SSSR count). The van der Waals surface area contributed by atoms with Gasteiger partial charge >= 0.3 is 0 Å². The second kappa shape index (κ2) is 5.31. The lowest BCUT2D eigenvalue weighted by Gasteiger charge is -2.24. The number of nitrogens with one attached hydrogen (secondary N) is 1. The van der Waals surface area contributed by atoms with Crippen LogP contribution in [-0.2, 0) is 0 Å². The van der Waals surface area contributed by atoms with E-state index in [1.54, 1.807) is 6.20 Å². The van der Waals surface area contributed by atoms with Crippen molar-refractivity contribution in [2.24, 2.45) is 0 Å². The van der Waals surface area contributed by atoms with Crippen LogP contribution in [0.1, 0.15) is 26.7 Å². The molecule has 0 aromatic carbocycles. The predicted molar refractivity (Wildman–Crippen MR) is 68.2 cm³/mol. The molecule has 0 aliphatic carbocycles. The van der Waals surface area contributed by atoms with E-state index in [1.165, 1.54) is 0 Å². The van der Waals surface area contributed by atoms with Gasteiger partial charge in [-0.25, -0.2) is 4.98 Å². The van der Waals surface area contributed by atoms with Crippen molar-refractivity contribution in [2.45, 2.75) is 38.8 Å². The van der Waals surface area contributed by atoms with Crippen molar-refractivity contribution in [3.8, 4) is 0 Å². The van der Waals surface area contributed by atoms with E-state index in [1.807, 2.05) is 6.07 Å². The van der Waals surface area contributed by atoms with Crippen LogP contribution < -0.4 is 10.2 Å². The van der Waals surface area contributed by atoms with Gasteiger partial charge in [0.1, 0.15) is 5.82 Å². The van der Waals surface area contributed by atoms with Crippen LogP contribution in [0.3, 0.4) is 0 Å². The SMILES string of the molecule is CC(C)Nc1nccc(N2CCC[C@@H]2CO)n1. The molecular formula is C12H20N4O. The number of anilines is 2. The van der Waals surface area contributed by atoms with Gasteiger partial charge in [0.15, 0.2) is 0 Å². The van der Waals surface area contributed by atoms with Gasteiger partial charge in [-0.15, -0.1) is 0 Å². The van der Waals surface area contributed by atoms with Crippen molar-refractivity contribution in [3.63, 3.8) is 0 Å². The second-order valence-electron chi connectivity index (χ2n) is 4.71. The summed E-state index contributed by atoms with van der Waals surface area (Å²) < 4.78 is 0. The van der Waals surface area contributed by atoms with E-state index < -0.39 is 0 Å². The highest BCUT2D eigenvalue weighted by atomic mass is 16.3. The molecule has 5 nitrogen and oxygen atoms in total. The van der Waals surface area contributed by atoms with Crippen LogP contribution in [0.25, 0.3) is 0 Å². The van der Waals surface area contributed by atoms with E-state index in [2.05, 4.69) is 34.0 Å². The van der Waals surface area contributed by atoms with Crippen LogP contribution in [0, 0.1) is 0 Å². The molecular weight excluding hydrogens is 216 g/mol. The highest BCUT2D eigenvalue weighted by Gasteiger charge is 2.25. The van der Waals surface area contributed by atoms with Gasteiger partial charge in [-0.2, -0.15) is 4.98 Å². The molecule has 1 aliphatic rings. The van der Waals surface area contributed by atoms with Gasteiger partial charge in [-0.1, -0.05) is 0 Å². The Morgan fingerprint density at radius 1 is 1.59 bits per heavy atom. The third-order valence-corrected chi connectivity index (χ3v) is 2.94. The topological polar surface area (TPSA) is 61.3 Å². The summed E-state index contributed by atoms with van der Waals surface area (Å²) in [5.41, 5.74) is 0. The van der Waals surface area contributed by atoms with Gasteiger partial charge in [-0.05, 0) is 32.8 Å². The van der Waals surface area contributed by atoms with E-state index in [0.29, 0.717) is 12.0 Å². The molecule has 1 aromatic rings. The van der Waals surface area contributed by atoms with Crippen LogP contribution in [0.4, 0.5) is 11.8 Å². The van der Waals surface area contributed by atoms with Gasteiger partial charge in [-0.3, -0.25) is 0 Å². The van der Waals surface area contributed by atoms with E-state index in [-0.39, 0.29) is 12.6 Å². The maximum absolute atomic E-state index is 9.31. The Hall–Kier alpha value is -1.36. The fourth-order valence-corrected chi connectivity index (χ4v) is 2.16. The van der Waals surface area contributed by atoms with Gasteiger partial charge in [0, 0.05) is 18.8 Å². The maximum atomic E-state index is 9.31. The smallest absolute Gasteiger partial charge is 0.224 e. The third kappa shape index (κ3) is 2.85. The maximum Gasteiger partial charge on any atom is 0.224 e. The van der Waals surface area contributed by atoms with Gasteiger partial charge in [0.05, 0.1) is 12.6 Å². The zero-order chi connectivity index (χ0) is 12.3. The average Bonchev–Trinajstić information content (AvgIpc) is 2.76. The van der Waals surface area contributed by atoms with Crippen molar-refractivity contribution >= 4 is 11.8 Å². The molecule has 1 aliphatic heterocycles. The molecule has 0 bridgehead atoms. The molecule has 1 atom stereocenters. The lowest BCUT2D eigenvalue weighted by molar-refractivity contribution is 0.266. The summed E-state index contributed by atoms with van der Waals surface area (Å²) in [6.45, 7) is 5.27. The quantitative estimate of drug-likeness (QED) is 0.824. The predicted octanol–water partition coefficient (Wildman–Crippen LogP) is 1.26. The van der Waals surface area contributed by atoms with E-state index in [9.17, 15) is 5.11 Å². The largest absolute Gasteiger partial charge is 0.394 e. The highest BCUT2D eigenvalue weighted by molar-refractivity contribution is 5.44. The summed E-state index contributed by atoms with van der Waals surface area (Å²) in [6, 6.07) is 2.42. The normalized spacial score (nSPS) is 20.0. The molecule has 94 valence electrons. The second-order valence-corrected chi connectivity index (χ2v) is 4.71. The number of hydrogen-bond acceptors (Lipinski definition) is 5. The minimum Gasteiger partial charge on any atom is -0.394 e. The Bertz CT molecular complexity index is 369. The van der Waals surface area contributed by atoms with Crippen molar-refractivity contribution in [1.82, 2.24) is 9.97 Å². The van der Waals surface area contributed by atoms with E-state index in [0.717, 1.165) is 25.2 Å². The first-order valence-electron chi connectivity index (χ1n) is 6.18. The molecule has 2 N–H and O–H groups in total. The molecule has 0 saturated carbocycles. The molecule has 2 heterocycles. The molecule has 0 unspecified atom stereocenters. The Kier molecular flexibility index (Phi) is 3.78. The van der Waals surface area contributed by atoms with Crippen molar-refractivity contribution in [2.75, 3.05) is 23.4 Å². The Morgan fingerprint density at radius 3 is 3.12 bits per heavy atom. The summed E-state index contributed by atoms with van der Waals surface area (Å²) >= 11 is 0. The van der Waals surface area contributed by atoms with E-state index >= 15 is 0 Å². The molecule has 1 aromatic heterocycles. The number of aromatic nitrogens is 2. The average molecular weight is 236 g/mol. The zero-order valence-corrected chi connectivity index (χ0v) is 10.4. The summed E-state index contributed by atoms with van der Waals surface area (Å²) in [4.78, 5) is 10.8. The monoisotopic (exact) mass is 236 g/mol. The fraction of sp³-hybridized carbons (Fsp3) is 0.667. The number of hydrogen-bond donors (Lipinski definition) is 2. The fourth-order valence-electron chi connectivity index (χ4n) is 2.16. The Balaban J connectivity index is 2.15. The summed E-state index contributed by atoms with van der Waals surface area (Å²) in [5, 5.41) is 12.5. The van der Waals surface area contributed by atoms with Crippen molar-refractivity contribution < 1.29 is 5.11 Å². The molecule has 1 fully saturated rings. The van der Waals surface area contributed by atoms with Crippen LogP contribution in [-0.4, -0.2) is 40.3 Å². The van der Waals surface area contributed by atoms with Crippen LogP contribution in [0.5, 0.6) is 0 Å². The van der Waals surface area contributed by atoms with Crippen LogP contribution >= 0.6 is 0 Å². The van der Waals surface area contributed by atoms with Crippen molar-refractivity contribution in [1.29, 1.82) is 0 Å². The molecule has 0 radical (unpaired) electrons. The summed E-state index contributed by atoms with van der Waals surface area (Å²) in [7, 11) is 0. The number of aliphatic hydroxyl groups is 1. The molecule has 1 saturated heterocycles. The van der Waals surface area contributed by atoms with Crippen LogP contribution in [0.2, 0.25) is 0 Å². The lowest BCUT2D eigenvalue weighted by Crippen LogP contribution is -2.33. The van der Waals surface area contributed by atoms with E-state index in [4.69, 9.17) is 0 Å². The van der Waals surface area contributed by atoms with Gasteiger partial charge < -0.3 is 15.3 Å². The highest BCUT2D eigenvalue weighted by Crippen LogP contribution is 2.23. The minimum atomic E-state index is 0.191. The number of aliphatic hydroxyl groups excluding tert-OH is 1. The Labute approximate surface area is 102 Å². The minimum absolute atomic E-state index is 0.191. The molecule has 5 heteroatoms. The zero-order valence-electron chi connectivity index (χ0n) is 10.4. The first-order valence-corrected chi connectivity index (χ1v) is 6.18. The molecule has 0 spiro atoms. The Morgan fingerprint density at radius 2 is 2.41 bits per heavy atom. The number of rotatable bonds is 4. The first-order chi connectivity index (χ1) is 8.20. The van der Waals surface area contributed by atoms with Gasteiger partial charge in [0.2, 0.25) is 5.95 Å². The van der Waals surface area contributed by atoms with Crippen molar-refractivity contribution in [3.05, 3.63) is 12.3 Å². The lowest BCUT2D eigenvalue weighted by atomic mass is 10.2. The molecule has 17 heavy (non-hydrogen) atoms. The van der Waals surface area contributed by atoms with Crippen LogP contribution in [0.15, 0.2) is 12.3 Å². The molecule has 0 amide bonds. The summed E-state index contributed by atoms with van der Waals surface area (Å²) in [5.74, 6) is 1.56.